The second-order valence-corrected chi connectivity index (χ2v) is 8.65. The Hall–Kier alpha value is -0.543. The third-order valence-corrected chi connectivity index (χ3v) is 2.38. The standard InChI is InChI=1S/C9H12ClFOSi/c1-13(2,3)12-9-5-4-7(10)6-8(9)11/h4-6H,1-3H3. The van der Waals surface area contributed by atoms with Crippen molar-refractivity contribution in [2.24, 2.45) is 0 Å². The van der Waals surface area contributed by atoms with Crippen LogP contribution in [0.25, 0.3) is 0 Å². The van der Waals surface area contributed by atoms with Gasteiger partial charge in [0.2, 0.25) is 8.32 Å². The molecule has 0 saturated carbocycles. The van der Waals surface area contributed by atoms with Crippen molar-refractivity contribution >= 4 is 19.9 Å². The minimum Gasteiger partial charge on any atom is -0.542 e. The van der Waals surface area contributed by atoms with Crippen molar-refractivity contribution in [3.05, 3.63) is 29.0 Å². The summed E-state index contributed by atoms with van der Waals surface area (Å²) in [5.74, 6) is -0.0986. The number of hydrogen-bond acceptors (Lipinski definition) is 1. The number of rotatable bonds is 2. The SMILES string of the molecule is C[Si](C)(C)Oc1ccc(Cl)cc1F. The number of benzene rings is 1. The Labute approximate surface area is 83.6 Å². The maximum atomic E-state index is 13.2. The summed E-state index contributed by atoms with van der Waals surface area (Å²) in [5.41, 5.74) is 0. The van der Waals surface area contributed by atoms with Crippen LogP contribution in [0.4, 0.5) is 4.39 Å². The van der Waals surface area contributed by atoms with Gasteiger partial charge in [0, 0.05) is 5.02 Å². The van der Waals surface area contributed by atoms with Gasteiger partial charge in [-0.3, -0.25) is 0 Å². The fourth-order valence-electron chi connectivity index (χ4n) is 0.888. The summed E-state index contributed by atoms with van der Waals surface area (Å²) < 4.78 is 18.7. The van der Waals surface area contributed by atoms with E-state index in [9.17, 15) is 4.39 Å². The minimum absolute atomic E-state index is 0.295. The highest BCUT2D eigenvalue weighted by molar-refractivity contribution is 6.70. The lowest BCUT2D eigenvalue weighted by atomic mass is 10.3. The van der Waals surface area contributed by atoms with Gasteiger partial charge in [-0.1, -0.05) is 11.6 Å². The molecule has 0 N–H and O–H groups in total. The van der Waals surface area contributed by atoms with Gasteiger partial charge < -0.3 is 4.43 Å². The molecule has 0 heterocycles. The highest BCUT2D eigenvalue weighted by Crippen LogP contribution is 2.23. The van der Waals surface area contributed by atoms with E-state index in [2.05, 4.69) is 0 Å². The zero-order valence-electron chi connectivity index (χ0n) is 7.90. The van der Waals surface area contributed by atoms with E-state index in [4.69, 9.17) is 16.0 Å². The van der Waals surface area contributed by atoms with Crippen LogP contribution in [0.15, 0.2) is 18.2 Å². The minimum atomic E-state index is -1.73. The molecule has 0 aliphatic carbocycles. The van der Waals surface area contributed by atoms with Gasteiger partial charge in [-0.05, 0) is 37.8 Å². The van der Waals surface area contributed by atoms with E-state index in [0.717, 1.165) is 0 Å². The van der Waals surface area contributed by atoms with Crippen molar-refractivity contribution in [3.8, 4) is 5.75 Å². The van der Waals surface area contributed by atoms with E-state index >= 15 is 0 Å². The Morgan fingerprint density at radius 3 is 2.38 bits per heavy atom. The van der Waals surface area contributed by atoms with Crippen LogP contribution in [-0.2, 0) is 0 Å². The average Bonchev–Trinajstić information content (AvgIpc) is 1.93. The van der Waals surface area contributed by atoms with E-state index in [-0.39, 0.29) is 0 Å². The smallest absolute Gasteiger partial charge is 0.242 e. The molecule has 13 heavy (non-hydrogen) atoms. The fourth-order valence-corrected chi connectivity index (χ4v) is 1.87. The Morgan fingerprint density at radius 2 is 1.92 bits per heavy atom. The molecule has 72 valence electrons. The van der Waals surface area contributed by atoms with Crippen LogP contribution >= 0.6 is 11.6 Å². The van der Waals surface area contributed by atoms with Crippen molar-refractivity contribution in [1.82, 2.24) is 0 Å². The lowest BCUT2D eigenvalue weighted by Gasteiger charge is -2.19. The van der Waals surface area contributed by atoms with E-state index in [1.165, 1.54) is 6.07 Å². The van der Waals surface area contributed by atoms with Gasteiger partial charge in [0.25, 0.3) is 0 Å². The second-order valence-electron chi connectivity index (χ2n) is 3.79. The monoisotopic (exact) mass is 218 g/mol. The molecule has 1 aromatic carbocycles. The van der Waals surface area contributed by atoms with E-state index in [0.29, 0.717) is 10.8 Å². The first kappa shape index (κ1) is 10.5. The van der Waals surface area contributed by atoms with Crippen molar-refractivity contribution in [3.63, 3.8) is 0 Å². The van der Waals surface area contributed by atoms with E-state index < -0.39 is 14.1 Å². The maximum absolute atomic E-state index is 13.2. The molecule has 0 atom stereocenters. The molecule has 0 saturated heterocycles. The summed E-state index contributed by atoms with van der Waals surface area (Å²) in [6, 6.07) is 4.45. The molecule has 1 nitrogen and oxygen atoms in total. The molecule has 0 fully saturated rings. The zero-order valence-corrected chi connectivity index (χ0v) is 9.65. The second kappa shape index (κ2) is 3.68. The van der Waals surface area contributed by atoms with Gasteiger partial charge in [-0.25, -0.2) is 4.39 Å². The number of halogens is 2. The van der Waals surface area contributed by atoms with Crippen LogP contribution in [-0.4, -0.2) is 8.32 Å². The summed E-state index contributed by atoms with van der Waals surface area (Å²) in [6.45, 7) is 6.00. The summed E-state index contributed by atoms with van der Waals surface area (Å²) in [4.78, 5) is 0. The Kier molecular flexibility index (Phi) is 2.98. The summed E-state index contributed by atoms with van der Waals surface area (Å²) in [5, 5.41) is 0.389. The van der Waals surface area contributed by atoms with E-state index in [1.807, 2.05) is 19.6 Å². The Balaban J connectivity index is 2.90. The molecule has 0 aliphatic heterocycles. The third-order valence-electron chi connectivity index (χ3n) is 1.31. The molecule has 0 aliphatic rings. The molecule has 1 aromatic rings. The van der Waals surface area contributed by atoms with Crippen molar-refractivity contribution in [1.29, 1.82) is 0 Å². The molecule has 0 spiro atoms. The molecular weight excluding hydrogens is 207 g/mol. The average molecular weight is 219 g/mol. The molecule has 4 heteroatoms. The molecule has 0 amide bonds. The highest BCUT2D eigenvalue weighted by atomic mass is 35.5. The Bertz CT molecular complexity index is 309. The van der Waals surface area contributed by atoms with Gasteiger partial charge in [-0.15, -0.1) is 0 Å². The van der Waals surface area contributed by atoms with Crippen LogP contribution in [0.2, 0.25) is 24.7 Å². The van der Waals surface area contributed by atoms with Gasteiger partial charge >= 0.3 is 0 Å². The number of hydrogen-bond donors (Lipinski definition) is 0. The van der Waals surface area contributed by atoms with Gasteiger partial charge in [0.1, 0.15) is 5.75 Å². The summed E-state index contributed by atoms with van der Waals surface area (Å²) in [6.07, 6.45) is 0. The molecular formula is C9H12ClFOSi. The summed E-state index contributed by atoms with van der Waals surface area (Å²) in [7, 11) is -1.73. The first-order chi connectivity index (χ1) is 5.88. The maximum Gasteiger partial charge on any atom is 0.242 e. The topological polar surface area (TPSA) is 9.23 Å². The van der Waals surface area contributed by atoms with E-state index in [1.54, 1.807) is 12.1 Å². The molecule has 0 bridgehead atoms. The van der Waals surface area contributed by atoms with Gasteiger partial charge in [-0.2, -0.15) is 0 Å². The molecule has 1 rings (SSSR count). The molecule has 0 radical (unpaired) electrons. The largest absolute Gasteiger partial charge is 0.542 e. The van der Waals surface area contributed by atoms with Crippen molar-refractivity contribution in [2.45, 2.75) is 19.6 Å². The zero-order chi connectivity index (χ0) is 10.1. The van der Waals surface area contributed by atoms with Crippen LogP contribution in [0.5, 0.6) is 5.75 Å². The quantitative estimate of drug-likeness (QED) is 0.688. The lowest BCUT2D eigenvalue weighted by Crippen LogP contribution is -2.29. The summed E-state index contributed by atoms with van der Waals surface area (Å²) >= 11 is 5.60. The highest BCUT2D eigenvalue weighted by Gasteiger charge is 2.18. The van der Waals surface area contributed by atoms with Crippen LogP contribution in [0.1, 0.15) is 0 Å². The molecule has 0 unspecified atom stereocenters. The first-order valence-electron chi connectivity index (χ1n) is 4.02. The third kappa shape index (κ3) is 3.36. The van der Waals surface area contributed by atoms with Gasteiger partial charge in [0.05, 0.1) is 0 Å². The predicted molar refractivity (Wildman–Crippen MR) is 55.4 cm³/mol. The van der Waals surface area contributed by atoms with Crippen LogP contribution in [0.3, 0.4) is 0 Å². The van der Waals surface area contributed by atoms with Crippen LogP contribution < -0.4 is 4.43 Å². The van der Waals surface area contributed by atoms with Crippen LogP contribution in [0, 0.1) is 5.82 Å². The van der Waals surface area contributed by atoms with Crippen molar-refractivity contribution < 1.29 is 8.82 Å². The lowest BCUT2D eigenvalue weighted by molar-refractivity contribution is 0.496. The fraction of sp³-hybridized carbons (Fsp3) is 0.333. The predicted octanol–water partition coefficient (Wildman–Crippen LogP) is 3.69. The van der Waals surface area contributed by atoms with Gasteiger partial charge in [0.15, 0.2) is 5.82 Å². The first-order valence-corrected chi connectivity index (χ1v) is 7.81. The normalized spacial score (nSPS) is 11.5. The Morgan fingerprint density at radius 1 is 1.31 bits per heavy atom. The van der Waals surface area contributed by atoms with Crippen molar-refractivity contribution in [2.75, 3.05) is 0 Å². The molecule has 0 aromatic heterocycles.